The quantitative estimate of drug-likeness (QED) is 0.329. The molecule has 0 saturated carbocycles. The van der Waals surface area contributed by atoms with Crippen LogP contribution in [-0.4, -0.2) is 28.7 Å². The van der Waals surface area contributed by atoms with Crippen molar-refractivity contribution < 1.29 is 14.4 Å². The molecule has 38 heavy (non-hydrogen) atoms. The Labute approximate surface area is 232 Å². The van der Waals surface area contributed by atoms with Crippen molar-refractivity contribution in [1.29, 1.82) is 0 Å². The van der Waals surface area contributed by atoms with Crippen molar-refractivity contribution in [1.82, 2.24) is 4.90 Å². The number of amides is 3. The van der Waals surface area contributed by atoms with E-state index in [0.29, 0.717) is 5.69 Å². The monoisotopic (exact) mass is 546 g/mol. The summed E-state index contributed by atoms with van der Waals surface area (Å²) in [5.74, 6) is -3.55. The lowest BCUT2D eigenvalue weighted by Gasteiger charge is -2.54. The number of halogens is 2. The van der Waals surface area contributed by atoms with Crippen LogP contribution in [0.2, 0.25) is 0 Å². The molecule has 3 amide bonds. The highest BCUT2D eigenvalue weighted by Crippen LogP contribution is 2.69. The molecule has 4 aliphatic rings. The first-order valence-electron chi connectivity index (χ1n) is 12.9. The Morgan fingerprint density at radius 1 is 0.816 bits per heavy atom. The van der Waals surface area contributed by atoms with Gasteiger partial charge in [-0.3, -0.25) is 19.3 Å². The number of hydrogen-bond acceptors (Lipinski definition) is 3. The molecule has 1 N–H and O–H groups in total. The molecule has 2 bridgehead atoms. The van der Waals surface area contributed by atoms with E-state index in [1.165, 1.54) is 0 Å². The molecule has 7 rings (SSSR count). The second kappa shape index (κ2) is 8.42. The van der Waals surface area contributed by atoms with Crippen molar-refractivity contribution in [3.05, 3.63) is 100 Å². The molecule has 1 fully saturated rings. The average Bonchev–Trinajstić information content (AvgIpc) is 3.15. The highest BCUT2D eigenvalue weighted by Gasteiger charge is 2.73. The molecule has 0 unspecified atom stereocenters. The second-order valence-corrected chi connectivity index (χ2v) is 12.2. The normalized spacial score (nSPS) is 27.7. The molecule has 1 saturated heterocycles. The van der Waals surface area contributed by atoms with E-state index in [0.717, 1.165) is 38.3 Å². The van der Waals surface area contributed by atoms with E-state index in [1.54, 1.807) is 0 Å². The van der Waals surface area contributed by atoms with Gasteiger partial charge in [-0.1, -0.05) is 80.1 Å². The fourth-order valence-corrected chi connectivity index (χ4v) is 7.94. The zero-order valence-corrected chi connectivity index (χ0v) is 23.1. The summed E-state index contributed by atoms with van der Waals surface area (Å²) in [6, 6.07) is 19.7. The van der Waals surface area contributed by atoms with Gasteiger partial charge in [-0.25, -0.2) is 0 Å². The van der Waals surface area contributed by atoms with Crippen LogP contribution in [0.15, 0.2) is 66.7 Å². The van der Waals surface area contributed by atoms with E-state index < -0.39 is 45.3 Å². The van der Waals surface area contributed by atoms with Crippen molar-refractivity contribution >= 4 is 46.6 Å². The number of nitrogens with zero attached hydrogens (tertiary/aromatic N) is 1. The van der Waals surface area contributed by atoms with Crippen LogP contribution >= 0.6 is 23.2 Å². The zero-order valence-electron chi connectivity index (χ0n) is 21.6. The Morgan fingerprint density at radius 2 is 1.26 bits per heavy atom. The summed E-state index contributed by atoms with van der Waals surface area (Å²) >= 11 is 15.0. The SMILES string of the molecule is Cc1ccc(NC(=O)[C@H](C(C)C)N2C(=O)[C@@H]3[C@@H](C2=O)C2(Cl)c4ccccc4C3(Cl)c3ccccc32)c(C)c1. The molecule has 5 nitrogen and oxygen atoms in total. The van der Waals surface area contributed by atoms with E-state index in [-0.39, 0.29) is 5.92 Å². The van der Waals surface area contributed by atoms with E-state index >= 15 is 0 Å². The number of rotatable bonds is 4. The van der Waals surface area contributed by atoms with Crippen LogP contribution < -0.4 is 5.32 Å². The van der Waals surface area contributed by atoms with Gasteiger partial charge in [0.05, 0.1) is 11.8 Å². The van der Waals surface area contributed by atoms with Gasteiger partial charge in [-0.15, -0.1) is 23.2 Å². The zero-order chi connectivity index (χ0) is 27.1. The number of carbonyl (C=O) groups excluding carboxylic acids is 3. The van der Waals surface area contributed by atoms with Crippen LogP contribution in [-0.2, 0) is 24.1 Å². The summed E-state index contributed by atoms with van der Waals surface area (Å²) < 4.78 is 0. The Morgan fingerprint density at radius 3 is 1.66 bits per heavy atom. The van der Waals surface area contributed by atoms with Gasteiger partial charge in [0, 0.05) is 5.69 Å². The van der Waals surface area contributed by atoms with Gasteiger partial charge in [0.15, 0.2) is 0 Å². The minimum Gasteiger partial charge on any atom is -0.324 e. The Balaban J connectivity index is 1.48. The maximum Gasteiger partial charge on any atom is 0.247 e. The van der Waals surface area contributed by atoms with Gasteiger partial charge in [-0.05, 0) is 53.6 Å². The predicted octanol–water partition coefficient (Wildman–Crippen LogP) is 5.86. The predicted molar refractivity (Wildman–Crippen MR) is 148 cm³/mol. The summed E-state index contributed by atoms with van der Waals surface area (Å²) in [4.78, 5) is 40.9. The summed E-state index contributed by atoms with van der Waals surface area (Å²) in [5.41, 5.74) is 5.56. The van der Waals surface area contributed by atoms with Crippen molar-refractivity contribution in [2.24, 2.45) is 17.8 Å². The number of anilines is 1. The number of imide groups is 1. The van der Waals surface area contributed by atoms with E-state index in [2.05, 4.69) is 5.32 Å². The van der Waals surface area contributed by atoms with Crippen LogP contribution in [0.5, 0.6) is 0 Å². The van der Waals surface area contributed by atoms with Gasteiger partial charge in [0.1, 0.15) is 15.8 Å². The summed E-state index contributed by atoms with van der Waals surface area (Å²) in [5, 5.41) is 2.96. The van der Waals surface area contributed by atoms with Gasteiger partial charge in [0.25, 0.3) is 0 Å². The van der Waals surface area contributed by atoms with Gasteiger partial charge >= 0.3 is 0 Å². The second-order valence-electron chi connectivity index (χ2n) is 11.0. The average molecular weight is 547 g/mol. The maximum atomic E-state index is 14.3. The van der Waals surface area contributed by atoms with Crippen LogP contribution in [0, 0.1) is 31.6 Å². The van der Waals surface area contributed by atoms with Crippen molar-refractivity contribution in [3.63, 3.8) is 0 Å². The molecule has 1 aliphatic heterocycles. The molecule has 7 heteroatoms. The van der Waals surface area contributed by atoms with Crippen LogP contribution in [0.1, 0.15) is 47.2 Å². The van der Waals surface area contributed by atoms with E-state index in [4.69, 9.17) is 23.2 Å². The summed E-state index contributed by atoms with van der Waals surface area (Å²) in [6.07, 6.45) is 0. The first-order chi connectivity index (χ1) is 18.0. The summed E-state index contributed by atoms with van der Waals surface area (Å²) in [7, 11) is 0. The molecule has 0 aromatic heterocycles. The van der Waals surface area contributed by atoms with Gasteiger partial charge < -0.3 is 5.32 Å². The third kappa shape index (κ3) is 3.09. The third-order valence-electron chi connectivity index (χ3n) is 8.44. The number of alkyl halides is 2. The topological polar surface area (TPSA) is 66.5 Å². The fourth-order valence-electron chi connectivity index (χ4n) is 6.84. The molecular weight excluding hydrogens is 519 g/mol. The number of likely N-dealkylation sites (tertiary alicyclic amines) is 1. The van der Waals surface area contributed by atoms with E-state index in [1.807, 2.05) is 94.4 Å². The van der Waals surface area contributed by atoms with E-state index in [9.17, 15) is 14.4 Å². The lowest BCUT2D eigenvalue weighted by atomic mass is 9.54. The Bertz CT molecular complexity index is 1410. The number of carbonyl (C=O) groups is 3. The molecule has 1 heterocycles. The van der Waals surface area contributed by atoms with Crippen molar-refractivity contribution in [2.75, 3.05) is 5.32 Å². The molecular formula is C31H28Cl2N2O3. The molecule has 3 aliphatic carbocycles. The van der Waals surface area contributed by atoms with Crippen LogP contribution in [0.4, 0.5) is 5.69 Å². The Hall–Kier alpha value is -3.15. The molecule has 0 radical (unpaired) electrons. The number of nitrogens with one attached hydrogen (secondary N) is 1. The summed E-state index contributed by atoms with van der Waals surface area (Å²) in [6.45, 7) is 7.56. The first-order valence-corrected chi connectivity index (χ1v) is 13.6. The lowest BCUT2D eigenvalue weighted by Crippen LogP contribution is -2.57. The molecule has 3 aromatic carbocycles. The first kappa shape index (κ1) is 25.1. The largest absolute Gasteiger partial charge is 0.324 e. The Kier molecular flexibility index (Phi) is 5.57. The van der Waals surface area contributed by atoms with Crippen molar-refractivity contribution in [3.8, 4) is 0 Å². The van der Waals surface area contributed by atoms with Crippen molar-refractivity contribution in [2.45, 2.75) is 43.5 Å². The minimum absolute atomic E-state index is 0.339. The smallest absolute Gasteiger partial charge is 0.247 e. The maximum absolute atomic E-state index is 14.3. The highest BCUT2D eigenvalue weighted by atomic mass is 35.5. The fraction of sp³-hybridized carbons (Fsp3) is 0.323. The van der Waals surface area contributed by atoms with Crippen LogP contribution in [0.25, 0.3) is 0 Å². The molecule has 3 aromatic rings. The van der Waals surface area contributed by atoms with Gasteiger partial charge in [0.2, 0.25) is 17.7 Å². The number of hydrogen-bond donors (Lipinski definition) is 1. The number of benzene rings is 3. The molecule has 194 valence electrons. The lowest BCUT2D eigenvalue weighted by molar-refractivity contribution is -0.148. The minimum atomic E-state index is -1.28. The van der Waals surface area contributed by atoms with Gasteiger partial charge in [-0.2, -0.15) is 0 Å². The highest BCUT2D eigenvalue weighted by molar-refractivity contribution is 6.36. The van der Waals surface area contributed by atoms with Crippen LogP contribution in [0.3, 0.4) is 0 Å². The molecule has 3 atom stereocenters. The molecule has 0 spiro atoms. The standard InChI is InChI=1S/C31H28Cl2N2O3/c1-16(2)26(27(36)34-23-14-13-17(3)15-18(23)4)35-28(37)24-25(29(35)38)31(33)20-10-6-5-9-19(20)30(24,32)21-11-7-8-12-22(21)31/h5-16,24-26H,1-4H3,(H,34,36)/t24-,25-,26-,30?,31?/m0/s1. The third-order valence-corrected chi connectivity index (χ3v) is 9.72. The number of aryl methyl sites for hydroxylation is 2.